The van der Waals surface area contributed by atoms with Crippen molar-refractivity contribution in [1.29, 1.82) is 0 Å². The minimum Gasteiger partial charge on any atom is -0.472 e. The third kappa shape index (κ3) is 5.01. The molecule has 5 nitrogen and oxygen atoms in total. The second-order valence-electron chi connectivity index (χ2n) is 5.72. The van der Waals surface area contributed by atoms with Gasteiger partial charge in [-0.3, -0.25) is 9.88 Å². The molecule has 1 aliphatic rings. The molecule has 1 atom stereocenters. The van der Waals surface area contributed by atoms with Crippen molar-refractivity contribution in [2.24, 2.45) is 0 Å². The van der Waals surface area contributed by atoms with Crippen molar-refractivity contribution in [1.82, 2.24) is 14.9 Å². The molecule has 0 saturated carbocycles. The van der Waals surface area contributed by atoms with Gasteiger partial charge < -0.3 is 9.64 Å². The van der Waals surface area contributed by atoms with Crippen molar-refractivity contribution >= 4 is 5.82 Å². The first-order valence-electron chi connectivity index (χ1n) is 7.68. The Kier molecular flexibility index (Phi) is 5.99. The van der Waals surface area contributed by atoms with Crippen molar-refractivity contribution in [3.63, 3.8) is 0 Å². The summed E-state index contributed by atoms with van der Waals surface area (Å²) >= 11 is 0. The van der Waals surface area contributed by atoms with Crippen LogP contribution in [0.5, 0.6) is 5.88 Å². The van der Waals surface area contributed by atoms with Crippen molar-refractivity contribution in [3.05, 3.63) is 25.0 Å². The Bertz CT molecular complexity index is 444. The average molecular weight is 290 g/mol. The fraction of sp³-hybridized carbons (Fsp3) is 0.625. The largest absolute Gasteiger partial charge is 0.472 e. The summed E-state index contributed by atoms with van der Waals surface area (Å²) in [5.41, 5.74) is 0. The van der Waals surface area contributed by atoms with E-state index in [4.69, 9.17) is 4.74 Å². The molecule has 21 heavy (non-hydrogen) atoms. The molecule has 0 aliphatic carbocycles. The quantitative estimate of drug-likeness (QED) is 0.687. The zero-order valence-corrected chi connectivity index (χ0v) is 13.2. The first-order chi connectivity index (χ1) is 10.2. The van der Waals surface area contributed by atoms with E-state index in [-0.39, 0.29) is 6.10 Å². The summed E-state index contributed by atoms with van der Waals surface area (Å²) < 4.78 is 6.08. The van der Waals surface area contributed by atoms with E-state index >= 15 is 0 Å². The van der Waals surface area contributed by atoms with Crippen molar-refractivity contribution in [2.45, 2.75) is 31.8 Å². The molecule has 2 rings (SSSR count). The molecule has 0 radical (unpaired) electrons. The minimum absolute atomic E-state index is 0.146. The maximum Gasteiger partial charge on any atom is 0.234 e. The van der Waals surface area contributed by atoms with Crippen LogP contribution >= 0.6 is 0 Å². The molecule has 1 aromatic heterocycles. The van der Waals surface area contributed by atoms with Crippen LogP contribution in [0.2, 0.25) is 0 Å². The van der Waals surface area contributed by atoms with Crippen molar-refractivity contribution < 1.29 is 4.74 Å². The molecule has 0 bridgehead atoms. The number of hydrogen-bond acceptors (Lipinski definition) is 5. The third-order valence-electron chi connectivity index (χ3n) is 3.70. The summed E-state index contributed by atoms with van der Waals surface area (Å²) in [4.78, 5) is 13.1. The molecule has 5 heteroatoms. The molecule has 1 fully saturated rings. The standard InChI is InChI=1S/C16H26N4O/c1-4-5-8-14(13-20-9-6-7-10-20)21-16-12-17-11-15(18-16)19(2)3/h4,11-12,14H,1,5-10,13H2,2-3H3/t14-/m0/s1. The summed E-state index contributed by atoms with van der Waals surface area (Å²) in [7, 11) is 3.90. The number of aromatic nitrogens is 2. The summed E-state index contributed by atoms with van der Waals surface area (Å²) in [5.74, 6) is 1.42. The van der Waals surface area contributed by atoms with E-state index in [0.29, 0.717) is 5.88 Å². The zero-order chi connectivity index (χ0) is 15.1. The van der Waals surface area contributed by atoms with Crippen LogP contribution in [0.15, 0.2) is 25.0 Å². The van der Waals surface area contributed by atoms with Gasteiger partial charge in [0.1, 0.15) is 6.10 Å². The predicted octanol–water partition coefficient (Wildman–Crippen LogP) is 2.35. The summed E-state index contributed by atoms with van der Waals surface area (Å²) in [6.45, 7) is 7.12. The van der Waals surface area contributed by atoms with E-state index in [9.17, 15) is 0 Å². The highest BCUT2D eigenvalue weighted by molar-refractivity contribution is 5.34. The lowest BCUT2D eigenvalue weighted by molar-refractivity contribution is 0.134. The number of ether oxygens (including phenoxy) is 1. The molecular weight excluding hydrogens is 264 g/mol. The monoisotopic (exact) mass is 290 g/mol. The number of likely N-dealkylation sites (tertiary alicyclic amines) is 1. The smallest absolute Gasteiger partial charge is 0.234 e. The Morgan fingerprint density at radius 3 is 2.81 bits per heavy atom. The highest BCUT2D eigenvalue weighted by Crippen LogP contribution is 2.17. The van der Waals surface area contributed by atoms with Crippen molar-refractivity contribution in [3.8, 4) is 5.88 Å². The molecule has 0 aromatic carbocycles. The van der Waals surface area contributed by atoms with Crippen molar-refractivity contribution in [2.75, 3.05) is 38.6 Å². The Morgan fingerprint density at radius 2 is 2.14 bits per heavy atom. The first-order valence-corrected chi connectivity index (χ1v) is 7.68. The predicted molar refractivity (Wildman–Crippen MR) is 85.9 cm³/mol. The Labute approximate surface area is 127 Å². The lowest BCUT2D eigenvalue weighted by Gasteiger charge is -2.24. The maximum atomic E-state index is 6.08. The summed E-state index contributed by atoms with van der Waals surface area (Å²) in [6.07, 6.45) is 10.0. The third-order valence-corrected chi connectivity index (χ3v) is 3.70. The fourth-order valence-corrected chi connectivity index (χ4v) is 2.53. The van der Waals surface area contributed by atoms with Gasteiger partial charge in [-0.05, 0) is 38.8 Å². The number of hydrogen-bond donors (Lipinski definition) is 0. The number of rotatable bonds is 8. The zero-order valence-electron chi connectivity index (χ0n) is 13.2. The van der Waals surface area contributed by atoms with Gasteiger partial charge >= 0.3 is 0 Å². The van der Waals surface area contributed by atoms with Crippen LogP contribution in [0.25, 0.3) is 0 Å². The van der Waals surface area contributed by atoms with Crippen LogP contribution in [-0.4, -0.2) is 54.7 Å². The van der Waals surface area contributed by atoms with Crippen LogP contribution in [0, 0.1) is 0 Å². The minimum atomic E-state index is 0.146. The van der Waals surface area contributed by atoms with E-state index in [2.05, 4.69) is 21.4 Å². The maximum absolute atomic E-state index is 6.08. The van der Waals surface area contributed by atoms with Crippen LogP contribution in [-0.2, 0) is 0 Å². The molecule has 0 spiro atoms. The number of allylic oxidation sites excluding steroid dienone is 1. The molecular formula is C16H26N4O. The average Bonchev–Trinajstić information content (AvgIpc) is 2.98. The number of anilines is 1. The molecule has 0 amide bonds. The van der Waals surface area contributed by atoms with Crippen LogP contribution in [0.3, 0.4) is 0 Å². The normalized spacial score (nSPS) is 16.7. The summed E-state index contributed by atoms with van der Waals surface area (Å²) in [6, 6.07) is 0. The summed E-state index contributed by atoms with van der Waals surface area (Å²) in [5, 5.41) is 0. The first kappa shape index (κ1) is 15.8. The van der Waals surface area contributed by atoms with Gasteiger partial charge in [-0.25, -0.2) is 0 Å². The van der Waals surface area contributed by atoms with Gasteiger partial charge in [-0.15, -0.1) is 6.58 Å². The molecule has 0 unspecified atom stereocenters. The molecule has 116 valence electrons. The molecule has 1 saturated heterocycles. The van der Waals surface area contributed by atoms with Crippen LogP contribution < -0.4 is 9.64 Å². The van der Waals surface area contributed by atoms with E-state index in [0.717, 1.165) is 25.2 Å². The Hall–Kier alpha value is -1.62. The van der Waals surface area contributed by atoms with Gasteiger partial charge in [0.05, 0.1) is 12.4 Å². The Morgan fingerprint density at radius 1 is 1.38 bits per heavy atom. The number of nitrogens with zero attached hydrogens (tertiary/aromatic N) is 4. The highest BCUT2D eigenvalue weighted by atomic mass is 16.5. The SMILES string of the molecule is C=CCC[C@@H](CN1CCCC1)Oc1cncc(N(C)C)n1. The van der Waals surface area contributed by atoms with Gasteiger partial charge in [-0.2, -0.15) is 4.98 Å². The second-order valence-corrected chi connectivity index (χ2v) is 5.72. The van der Waals surface area contributed by atoms with E-state index in [1.165, 1.54) is 25.9 Å². The fourth-order valence-electron chi connectivity index (χ4n) is 2.53. The van der Waals surface area contributed by atoms with E-state index in [1.807, 2.05) is 25.1 Å². The lowest BCUT2D eigenvalue weighted by Crippen LogP contribution is -2.34. The van der Waals surface area contributed by atoms with E-state index in [1.54, 1.807) is 12.4 Å². The molecule has 1 aliphatic heterocycles. The molecule has 2 heterocycles. The van der Waals surface area contributed by atoms with Crippen LogP contribution in [0.4, 0.5) is 5.82 Å². The Balaban J connectivity index is 1.98. The lowest BCUT2D eigenvalue weighted by atomic mass is 10.2. The molecule has 0 N–H and O–H groups in total. The van der Waals surface area contributed by atoms with Gasteiger partial charge in [0, 0.05) is 20.6 Å². The molecule has 1 aromatic rings. The van der Waals surface area contributed by atoms with Gasteiger partial charge in [0.15, 0.2) is 5.82 Å². The van der Waals surface area contributed by atoms with Gasteiger partial charge in [-0.1, -0.05) is 6.08 Å². The van der Waals surface area contributed by atoms with E-state index < -0.39 is 0 Å². The van der Waals surface area contributed by atoms with Gasteiger partial charge in [0.2, 0.25) is 5.88 Å². The second kappa shape index (κ2) is 7.98. The topological polar surface area (TPSA) is 41.5 Å². The van der Waals surface area contributed by atoms with Gasteiger partial charge in [0.25, 0.3) is 0 Å². The van der Waals surface area contributed by atoms with Crippen LogP contribution in [0.1, 0.15) is 25.7 Å². The highest BCUT2D eigenvalue weighted by Gasteiger charge is 2.19.